The molecule has 2 aromatic rings. The minimum absolute atomic E-state index is 0.410. The van der Waals surface area contributed by atoms with Crippen LogP contribution in [0.25, 0.3) is 0 Å². The van der Waals surface area contributed by atoms with Crippen LogP contribution in [-0.2, 0) is 17.8 Å². The first kappa shape index (κ1) is 15.5. The average molecular weight is 318 g/mol. The van der Waals surface area contributed by atoms with E-state index in [9.17, 15) is 0 Å². The third-order valence-electron chi connectivity index (χ3n) is 3.86. The smallest absolute Gasteiger partial charge is 0.191 e. The van der Waals surface area contributed by atoms with Gasteiger partial charge >= 0.3 is 0 Å². The van der Waals surface area contributed by atoms with Crippen LogP contribution in [0.2, 0.25) is 0 Å². The topological polar surface area (TPSA) is 66.0 Å². The summed E-state index contributed by atoms with van der Waals surface area (Å²) in [5.41, 5.74) is 7.04. The van der Waals surface area contributed by atoms with Gasteiger partial charge in [-0.05, 0) is 24.3 Å². The van der Waals surface area contributed by atoms with E-state index in [0.717, 1.165) is 42.9 Å². The third kappa shape index (κ3) is 3.88. The number of aromatic nitrogens is 3. The van der Waals surface area contributed by atoms with Crippen LogP contribution in [-0.4, -0.2) is 33.7 Å². The van der Waals surface area contributed by atoms with Crippen LogP contribution in [0.1, 0.15) is 24.2 Å². The van der Waals surface area contributed by atoms with E-state index >= 15 is 0 Å². The first-order chi connectivity index (χ1) is 10.9. The number of ether oxygens (including phenoxy) is 1. The number of benzene rings is 1. The Morgan fingerprint density at radius 2 is 2.14 bits per heavy atom. The van der Waals surface area contributed by atoms with Gasteiger partial charge in [-0.1, -0.05) is 42.1 Å². The Labute approximate surface area is 135 Å². The second kappa shape index (κ2) is 7.76. The summed E-state index contributed by atoms with van der Waals surface area (Å²) in [6, 6.07) is 10.4. The number of nitrogens with two attached hydrogens (primary N) is 1. The van der Waals surface area contributed by atoms with Crippen LogP contribution in [0.5, 0.6) is 0 Å². The summed E-state index contributed by atoms with van der Waals surface area (Å²) in [6.07, 6.45) is 2.40. The number of nitrogens with zero attached hydrogens (tertiary/aromatic N) is 3. The second-order valence-corrected chi connectivity index (χ2v) is 6.56. The molecule has 0 amide bonds. The number of hydrogen-bond acceptors (Lipinski definition) is 5. The van der Waals surface area contributed by atoms with Crippen molar-refractivity contribution >= 4 is 11.8 Å². The summed E-state index contributed by atoms with van der Waals surface area (Å²) in [5.74, 6) is 2.48. The van der Waals surface area contributed by atoms with Crippen LogP contribution < -0.4 is 5.73 Å². The maximum absolute atomic E-state index is 5.80. The van der Waals surface area contributed by atoms with Gasteiger partial charge in [-0.25, -0.2) is 0 Å². The van der Waals surface area contributed by atoms with E-state index in [2.05, 4.69) is 26.9 Å². The molecule has 0 bridgehead atoms. The lowest BCUT2D eigenvalue weighted by atomic mass is 10.1. The van der Waals surface area contributed by atoms with Crippen molar-refractivity contribution in [3.63, 3.8) is 0 Å². The monoisotopic (exact) mass is 318 g/mol. The summed E-state index contributed by atoms with van der Waals surface area (Å²) in [7, 11) is 0. The Bertz CT molecular complexity index is 581. The Morgan fingerprint density at radius 1 is 1.27 bits per heavy atom. The van der Waals surface area contributed by atoms with Gasteiger partial charge in [-0.15, -0.1) is 10.2 Å². The summed E-state index contributed by atoms with van der Waals surface area (Å²) in [5, 5.41) is 9.51. The summed E-state index contributed by atoms with van der Waals surface area (Å²) in [6.45, 7) is 2.95. The standard InChI is InChI=1S/C16H22N4OS/c17-9-15-18-19-16(22-12-14-7-4-8-21-11-14)20(15)10-13-5-2-1-3-6-13/h1-3,5-6,14H,4,7-12,17H2. The Balaban J connectivity index is 1.69. The van der Waals surface area contributed by atoms with Gasteiger partial charge in [-0.3, -0.25) is 0 Å². The van der Waals surface area contributed by atoms with Gasteiger partial charge in [0.2, 0.25) is 0 Å². The van der Waals surface area contributed by atoms with Crippen molar-refractivity contribution in [1.29, 1.82) is 0 Å². The fraction of sp³-hybridized carbons (Fsp3) is 0.500. The zero-order valence-corrected chi connectivity index (χ0v) is 13.5. The molecule has 0 aliphatic carbocycles. The molecule has 0 spiro atoms. The average Bonchev–Trinajstić information content (AvgIpc) is 2.97. The molecule has 0 saturated carbocycles. The van der Waals surface area contributed by atoms with Crippen molar-refractivity contribution in [3.05, 3.63) is 41.7 Å². The predicted molar refractivity (Wildman–Crippen MR) is 87.7 cm³/mol. The van der Waals surface area contributed by atoms with Gasteiger partial charge in [0.1, 0.15) is 5.82 Å². The lowest BCUT2D eigenvalue weighted by Crippen LogP contribution is -2.19. The Hall–Kier alpha value is -1.37. The number of thioether (sulfide) groups is 1. The van der Waals surface area contributed by atoms with E-state index in [-0.39, 0.29) is 0 Å². The lowest BCUT2D eigenvalue weighted by Gasteiger charge is -2.21. The van der Waals surface area contributed by atoms with Gasteiger partial charge in [0, 0.05) is 12.4 Å². The van der Waals surface area contributed by atoms with Crippen LogP contribution in [0, 0.1) is 5.92 Å². The molecule has 1 atom stereocenters. The van der Waals surface area contributed by atoms with Gasteiger partial charge in [0.15, 0.2) is 5.16 Å². The van der Waals surface area contributed by atoms with Crippen LogP contribution in [0.15, 0.2) is 35.5 Å². The molecule has 1 aliphatic heterocycles. The molecule has 1 aliphatic rings. The molecule has 0 radical (unpaired) electrons. The fourth-order valence-corrected chi connectivity index (χ4v) is 3.70. The van der Waals surface area contributed by atoms with E-state index in [1.807, 2.05) is 18.2 Å². The molecule has 2 N–H and O–H groups in total. The first-order valence-electron chi connectivity index (χ1n) is 7.73. The second-order valence-electron chi connectivity index (χ2n) is 5.57. The highest BCUT2D eigenvalue weighted by Crippen LogP contribution is 2.25. The number of hydrogen-bond donors (Lipinski definition) is 1. The third-order valence-corrected chi connectivity index (χ3v) is 5.06. The van der Waals surface area contributed by atoms with Gasteiger partial charge in [-0.2, -0.15) is 0 Å². The highest BCUT2D eigenvalue weighted by atomic mass is 32.2. The van der Waals surface area contributed by atoms with Crippen LogP contribution in [0.4, 0.5) is 0 Å². The molecule has 1 aromatic heterocycles. The molecule has 22 heavy (non-hydrogen) atoms. The van der Waals surface area contributed by atoms with E-state index in [4.69, 9.17) is 10.5 Å². The molecule has 1 unspecified atom stereocenters. The zero-order chi connectivity index (χ0) is 15.2. The van der Waals surface area contributed by atoms with Crippen molar-refractivity contribution < 1.29 is 4.74 Å². The van der Waals surface area contributed by atoms with E-state index < -0.39 is 0 Å². The molecule has 2 heterocycles. The highest BCUT2D eigenvalue weighted by Gasteiger charge is 2.17. The first-order valence-corrected chi connectivity index (χ1v) is 8.72. The van der Waals surface area contributed by atoms with E-state index in [0.29, 0.717) is 12.5 Å². The Morgan fingerprint density at radius 3 is 2.86 bits per heavy atom. The molecular weight excluding hydrogens is 296 g/mol. The van der Waals surface area contributed by atoms with Gasteiger partial charge in [0.25, 0.3) is 0 Å². The predicted octanol–water partition coefficient (Wildman–Crippen LogP) is 2.30. The minimum Gasteiger partial charge on any atom is -0.381 e. The molecule has 1 aromatic carbocycles. The van der Waals surface area contributed by atoms with Crippen molar-refractivity contribution in [2.24, 2.45) is 11.7 Å². The normalized spacial score (nSPS) is 18.5. The van der Waals surface area contributed by atoms with E-state index in [1.54, 1.807) is 11.8 Å². The largest absolute Gasteiger partial charge is 0.381 e. The molecular formula is C16H22N4OS. The van der Waals surface area contributed by atoms with Crippen LogP contribution >= 0.6 is 11.8 Å². The quantitative estimate of drug-likeness (QED) is 0.828. The summed E-state index contributed by atoms with van der Waals surface area (Å²) >= 11 is 1.76. The van der Waals surface area contributed by atoms with Gasteiger partial charge < -0.3 is 15.0 Å². The zero-order valence-electron chi connectivity index (χ0n) is 12.6. The van der Waals surface area contributed by atoms with Gasteiger partial charge in [0.05, 0.1) is 19.7 Å². The molecule has 1 fully saturated rings. The lowest BCUT2D eigenvalue weighted by molar-refractivity contribution is 0.0632. The SMILES string of the molecule is NCc1nnc(SCC2CCCOC2)n1Cc1ccccc1. The maximum atomic E-state index is 5.80. The summed E-state index contributed by atoms with van der Waals surface area (Å²) < 4.78 is 7.68. The molecule has 1 saturated heterocycles. The van der Waals surface area contributed by atoms with Crippen molar-refractivity contribution in [2.45, 2.75) is 31.1 Å². The van der Waals surface area contributed by atoms with Crippen molar-refractivity contribution in [1.82, 2.24) is 14.8 Å². The van der Waals surface area contributed by atoms with E-state index in [1.165, 1.54) is 12.0 Å². The van der Waals surface area contributed by atoms with Crippen LogP contribution in [0.3, 0.4) is 0 Å². The minimum atomic E-state index is 0.410. The van der Waals surface area contributed by atoms with Crippen molar-refractivity contribution in [2.75, 3.05) is 19.0 Å². The maximum Gasteiger partial charge on any atom is 0.191 e. The Kier molecular flexibility index (Phi) is 5.48. The van der Waals surface area contributed by atoms with Crippen molar-refractivity contribution in [3.8, 4) is 0 Å². The summed E-state index contributed by atoms with van der Waals surface area (Å²) in [4.78, 5) is 0. The molecule has 3 rings (SSSR count). The molecule has 5 nitrogen and oxygen atoms in total. The fourth-order valence-electron chi connectivity index (χ4n) is 2.63. The molecule has 118 valence electrons. The highest BCUT2D eigenvalue weighted by molar-refractivity contribution is 7.99. The number of rotatable bonds is 6. The molecule has 6 heteroatoms.